The normalized spacial score (nSPS) is 11.8. The van der Waals surface area contributed by atoms with E-state index in [1.165, 1.54) is 11.8 Å². The molecule has 0 aliphatic carbocycles. The van der Waals surface area contributed by atoms with Crippen LogP contribution in [0.1, 0.15) is 34.8 Å². The van der Waals surface area contributed by atoms with E-state index in [0.717, 1.165) is 21.7 Å². The number of thioether (sulfide) groups is 1. The molecule has 0 fully saturated rings. The largest absolute Gasteiger partial charge is 0.325 e. The molecule has 3 amide bonds. The van der Waals surface area contributed by atoms with Crippen LogP contribution in [0.2, 0.25) is 0 Å². The van der Waals surface area contributed by atoms with Gasteiger partial charge >= 0.3 is 0 Å². The van der Waals surface area contributed by atoms with Crippen LogP contribution in [0, 0.1) is 6.92 Å². The van der Waals surface area contributed by atoms with Crippen molar-refractivity contribution in [3.63, 3.8) is 0 Å². The molecule has 0 saturated heterocycles. The van der Waals surface area contributed by atoms with E-state index >= 15 is 0 Å². The fourth-order valence-electron chi connectivity index (χ4n) is 3.94. The molecule has 4 aromatic carbocycles. The molecule has 0 saturated carbocycles. The van der Waals surface area contributed by atoms with Gasteiger partial charge in [-0.25, -0.2) is 0 Å². The number of anilines is 2. The first kappa shape index (κ1) is 28.4. The number of aryl methyl sites for hydroxylation is 1. The van der Waals surface area contributed by atoms with E-state index < -0.39 is 5.91 Å². The molecule has 6 nitrogen and oxygen atoms in total. The van der Waals surface area contributed by atoms with Gasteiger partial charge in [0.05, 0.1) is 5.25 Å². The molecule has 0 aliphatic rings. The molecular weight excluding hydrogens is 518 g/mol. The van der Waals surface area contributed by atoms with Gasteiger partial charge in [-0.3, -0.25) is 14.4 Å². The molecular formula is C33H31N3O3S. The molecule has 1 atom stereocenters. The zero-order valence-electron chi connectivity index (χ0n) is 22.4. The maximum atomic E-state index is 13.3. The first-order chi connectivity index (χ1) is 19.4. The molecule has 4 aromatic rings. The fourth-order valence-corrected chi connectivity index (χ4v) is 4.95. The quantitative estimate of drug-likeness (QED) is 0.148. The van der Waals surface area contributed by atoms with E-state index in [2.05, 4.69) is 16.0 Å². The third-order valence-corrected chi connectivity index (χ3v) is 7.32. The van der Waals surface area contributed by atoms with Crippen LogP contribution in [0.5, 0.6) is 0 Å². The number of nitrogens with one attached hydrogen (secondary N) is 3. The van der Waals surface area contributed by atoms with E-state index in [1.54, 1.807) is 36.4 Å². The van der Waals surface area contributed by atoms with Gasteiger partial charge in [0.25, 0.3) is 11.8 Å². The average molecular weight is 550 g/mol. The highest BCUT2D eigenvalue weighted by Gasteiger charge is 2.19. The van der Waals surface area contributed by atoms with E-state index in [1.807, 2.05) is 92.7 Å². The van der Waals surface area contributed by atoms with Crippen molar-refractivity contribution in [3.8, 4) is 0 Å². The van der Waals surface area contributed by atoms with Crippen molar-refractivity contribution in [3.05, 3.63) is 132 Å². The lowest BCUT2D eigenvalue weighted by molar-refractivity contribution is -0.116. The third kappa shape index (κ3) is 8.19. The van der Waals surface area contributed by atoms with Crippen LogP contribution in [0.3, 0.4) is 0 Å². The summed E-state index contributed by atoms with van der Waals surface area (Å²) in [4.78, 5) is 40.0. The number of amides is 3. The Labute approximate surface area is 238 Å². The predicted octanol–water partition coefficient (Wildman–Crippen LogP) is 6.91. The summed E-state index contributed by atoms with van der Waals surface area (Å²) >= 11 is 1.43. The Balaban J connectivity index is 1.48. The van der Waals surface area contributed by atoms with Gasteiger partial charge in [0.1, 0.15) is 5.70 Å². The lowest BCUT2D eigenvalue weighted by atomic mass is 10.1. The number of hydrogen-bond acceptors (Lipinski definition) is 4. The zero-order valence-corrected chi connectivity index (χ0v) is 23.2. The average Bonchev–Trinajstić information content (AvgIpc) is 2.96. The Hall–Kier alpha value is -4.62. The SMILES string of the molecule is CCC(Sc1cccc(NC(=O)/C(=C/c2ccccc2)NC(=O)c2ccccc2)c1)C(=O)Nc1cccc(C)c1. The second-order valence-electron chi connectivity index (χ2n) is 9.14. The fraction of sp³-hybridized carbons (Fsp3) is 0.121. The molecule has 0 bridgehead atoms. The highest BCUT2D eigenvalue weighted by molar-refractivity contribution is 8.00. The van der Waals surface area contributed by atoms with E-state index in [9.17, 15) is 14.4 Å². The van der Waals surface area contributed by atoms with Crippen LogP contribution in [-0.4, -0.2) is 23.0 Å². The molecule has 202 valence electrons. The minimum absolute atomic E-state index is 0.0794. The van der Waals surface area contributed by atoms with E-state index in [4.69, 9.17) is 0 Å². The van der Waals surface area contributed by atoms with Gasteiger partial charge in [-0.05, 0) is 73.0 Å². The van der Waals surface area contributed by atoms with Gasteiger partial charge in [0.15, 0.2) is 0 Å². The van der Waals surface area contributed by atoms with E-state index in [0.29, 0.717) is 17.7 Å². The molecule has 3 N–H and O–H groups in total. The van der Waals surface area contributed by atoms with Crippen molar-refractivity contribution < 1.29 is 14.4 Å². The molecule has 0 heterocycles. The summed E-state index contributed by atoms with van der Waals surface area (Å²) in [5, 5.41) is 8.32. The van der Waals surface area contributed by atoms with E-state index in [-0.39, 0.29) is 22.8 Å². The van der Waals surface area contributed by atoms with Crippen LogP contribution in [-0.2, 0) is 9.59 Å². The third-order valence-electron chi connectivity index (χ3n) is 5.96. The first-order valence-corrected chi connectivity index (χ1v) is 13.9. The zero-order chi connectivity index (χ0) is 28.3. The highest BCUT2D eigenvalue weighted by atomic mass is 32.2. The first-order valence-electron chi connectivity index (χ1n) is 13.0. The molecule has 0 spiro atoms. The molecule has 0 radical (unpaired) electrons. The van der Waals surface area contributed by atoms with Crippen molar-refractivity contribution in [2.24, 2.45) is 0 Å². The van der Waals surface area contributed by atoms with Crippen molar-refractivity contribution in [1.82, 2.24) is 5.32 Å². The van der Waals surface area contributed by atoms with Crippen LogP contribution in [0.25, 0.3) is 6.08 Å². The summed E-state index contributed by atoms with van der Waals surface area (Å²) in [6, 6.07) is 33.1. The summed E-state index contributed by atoms with van der Waals surface area (Å²) < 4.78 is 0. The second kappa shape index (κ2) is 14.0. The number of carbonyl (C=O) groups excluding carboxylic acids is 3. The highest BCUT2D eigenvalue weighted by Crippen LogP contribution is 2.29. The molecule has 0 aliphatic heterocycles. The van der Waals surface area contributed by atoms with Crippen molar-refractivity contribution in [2.75, 3.05) is 10.6 Å². The maximum Gasteiger partial charge on any atom is 0.272 e. The summed E-state index contributed by atoms with van der Waals surface area (Å²) in [6.45, 7) is 3.95. The minimum Gasteiger partial charge on any atom is -0.325 e. The van der Waals surface area contributed by atoms with Crippen LogP contribution in [0.4, 0.5) is 11.4 Å². The smallest absolute Gasteiger partial charge is 0.272 e. The molecule has 0 aromatic heterocycles. The van der Waals surface area contributed by atoms with Crippen LogP contribution >= 0.6 is 11.8 Å². The minimum atomic E-state index is -0.459. The number of hydrogen-bond donors (Lipinski definition) is 3. The summed E-state index contributed by atoms with van der Waals surface area (Å²) in [5.41, 5.74) is 3.72. The topological polar surface area (TPSA) is 87.3 Å². The Kier molecular flexibility index (Phi) is 9.91. The molecule has 40 heavy (non-hydrogen) atoms. The van der Waals surface area contributed by atoms with Crippen LogP contribution < -0.4 is 16.0 Å². The predicted molar refractivity (Wildman–Crippen MR) is 163 cm³/mol. The Morgan fingerprint density at radius 2 is 1.43 bits per heavy atom. The summed E-state index contributed by atoms with van der Waals surface area (Å²) in [6.07, 6.45) is 2.27. The van der Waals surface area contributed by atoms with Gasteiger partial charge in [-0.1, -0.05) is 73.7 Å². The summed E-state index contributed by atoms with van der Waals surface area (Å²) in [7, 11) is 0. The van der Waals surface area contributed by atoms with Gasteiger partial charge in [-0.2, -0.15) is 0 Å². The molecule has 7 heteroatoms. The second-order valence-corrected chi connectivity index (χ2v) is 10.4. The number of carbonyl (C=O) groups is 3. The number of rotatable bonds is 10. The van der Waals surface area contributed by atoms with Crippen LogP contribution in [0.15, 0.2) is 120 Å². The van der Waals surface area contributed by atoms with Gasteiger partial charge in [-0.15, -0.1) is 11.8 Å². The summed E-state index contributed by atoms with van der Waals surface area (Å²) in [5.74, 6) is -0.920. The monoisotopic (exact) mass is 549 g/mol. The Morgan fingerprint density at radius 3 is 2.10 bits per heavy atom. The van der Waals surface area contributed by atoms with Crippen molar-refractivity contribution in [1.29, 1.82) is 0 Å². The Bertz CT molecular complexity index is 1500. The van der Waals surface area contributed by atoms with Gasteiger partial charge < -0.3 is 16.0 Å². The van der Waals surface area contributed by atoms with Gasteiger partial charge in [0, 0.05) is 21.8 Å². The molecule has 4 rings (SSSR count). The standard InChI is InChI=1S/C33H31N3O3S/c1-3-30(33(39)35-26-17-10-12-23(2)20-26)40-28-19-11-18-27(22-28)34-32(38)29(21-24-13-6-4-7-14-24)36-31(37)25-15-8-5-9-16-25/h4-22,30H,3H2,1-2H3,(H,34,38)(H,35,39)(H,36,37)/b29-21-. The maximum absolute atomic E-state index is 13.3. The van der Waals surface area contributed by atoms with Crippen molar-refractivity contribution >= 4 is 46.9 Å². The number of benzene rings is 4. The lowest BCUT2D eigenvalue weighted by Crippen LogP contribution is -2.30. The van der Waals surface area contributed by atoms with Crippen molar-refractivity contribution in [2.45, 2.75) is 30.4 Å². The Morgan fingerprint density at radius 1 is 0.775 bits per heavy atom. The van der Waals surface area contributed by atoms with Gasteiger partial charge in [0.2, 0.25) is 5.91 Å². The lowest BCUT2D eigenvalue weighted by Gasteiger charge is -2.16. The molecule has 1 unspecified atom stereocenters.